The Morgan fingerprint density at radius 3 is 2.69 bits per heavy atom. The fourth-order valence-electron chi connectivity index (χ4n) is 5.94. The van der Waals surface area contributed by atoms with Gasteiger partial charge in [-0.05, 0) is 55.5 Å². The molecule has 6 rings (SSSR count). The van der Waals surface area contributed by atoms with Gasteiger partial charge in [-0.3, -0.25) is 0 Å². The third-order valence-electron chi connectivity index (χ3n) is 7.60. The molecule has 35 heavy (non-hydrogen) atoms. The molecule has 1 aliphatic heterocycles. The van der Waals surface area contributed by atoms with Crippen LogP contribution in [0, 0.1) is 29.0 Å². The van der Waals surface area contributed by atoms with Gasteiger partial charge in [0.15, 0.2) is 0 Å². The van der Waals surface area contributed by atoms with E-state index in [0.29, 0.717) is 45.7 Å². The van der Waals surface area contributed by atoms with E-state index >= 15 is 0 Å². The summed E-state index contributed by atoms with van der Waals surface area (Å²) < 4.78 is 26.0. The molecule has 0 amide bonds. The summed E-state index contributed by atoms with van der Waals surface area (Å²) in [4.78, 5) is 15.4. The van der Waals surface area contributed by atoms with Gasteiger partial charge in [-0.25, -0.2) is 9.18 Å². The van der Waals surface area contributed by atoms with Crippen molar-refractivity contribution in [2.45, 2.75) is 37.3 Å². The number of ether oxygens (including phenoxy) is 1. The number of hydrogen-bond acceptors (Lipinski definition) is 6. The predicted molar refractivity (Wildman–Crippen MR) is 128 cm³/mol. The highest BCUT2D eigenvalue weighted by Gasteiger charge is 2.63. The first-order valence-corrected chi connectivity index (χ1v) is 12.2. The molecule has 1 saturated heterocycles. The fourth-order valence-corrected chi connectivity index (χ4v) is 6.51. The number of nitrogens with zero attached hydrogens (tertiary/aromatic N) is 3. The predicted octanol–water partition coefficient (Wildman–Crippen LogP) is 6.26. The Bertz CT molecular complexity index is 1360. The molecule has 0 spiro atoms. The molecule has 2 aromatic carbocycles. The summed E-state index contributed by atoms with van der Waals surface area (Å²) in [5, 5.41) is 13.8. The highest BCUT2D eigenvalue weighted by atomic mass is 35.5. The summed E-state index contributed by atoms with van der Waals surface area (Å²) in [6.07, 6.45) is 4.55. The van der Waals surface area contributed by atoms with Crippen LogP contribution in [0.3, 0.4) is 0 Å². The van der Waals surface area contributed by atoms with Crippen LogP contribution in [0.1, 0.15) is 41.6 Å². The van der Waals surface area contributed by atoms with Crippen LogP contribution in [-0.2, 0) is 4.74 Å². The second-order valence-electron chi connectivity index (χ2n) is 9.55. The Balaban J connectivity index is 1.25. The average molecular weight is 512 g/mol. The first-order valence-electron chi connectivity index (χ1n) is 11.5. The summed E-state index contributed by atoms with van der Waals surface area (Å²) in [6.45, 7) is 0.587. The number of fused-ring (bicyclic) bond motifs is 2. The van der Waals surface area contributed by atoms with Gasteiger partial charge in [0, 0.05) is 30.0 Å². The zero-order valence-corrected chi connectivity index (χ0v) is 20.0. The van der Waals surface area contributed by atoms with Crippen LogP contribution in [0.4, 0.5) is 10.1 Å². The fraction of sp³-hybridized carbons (Fsp3) is 0.346. The van der Waals surface area contributed by atoms with Gasteiger partial charge in [0.25, 0.3) is 0 Å². The van der Waals surface area contributed by atoms with Crippen LogP contribution < -0.4 is 4.90 Å². The largest absolute Gasteiger partial charge is 0.458 e. The zero-order valence-electron chi connectivity index (χ0n) is 18.5. The normalized spacial score (nSPS) is 25.0. The highest BCUT2D eigenvalue weighted by Crippen LogP contribution is 2.59. The summed E-state index contributed by atoms with van der Waals surface area (Å²) in [5.74, 6) is -0.436. The lowest BCUT2D eigenvalue weighted by molar-refractivity contribution is 0.0168. The van der Waals surface area contributed by atoms with E-state index in [-0.39, 0.29) is 28.8 Å². The van der Waals surface area contributed by atoms with E-state index in [1.165, 1.54) is 12.3 Å². The van der Waals surface area contributed by atoms with E-state index in [4.69, 9.17) is 37.7 Å². The van der Waals surface area contributed by atoms with Gasteiger partial charge in [-0.2, -0.15) is 5.26 Å². The quantitative estimate of drug-likeness (QED) is 0.376. The van der Waals surface area contributed by atoms with Crippen molar-refractivity contribution in [3.8, 4) is 17.3 Å². The van der Waals surface area contributed by atoms with Crippen molar-refractivity contribution in [3.05, 3.63) is 69.7 Å². The molecule has 0 unspecified atom stereocenters. The first kappa shape index (κ1) is 22.4. The maximum atomic E-state index is 14.9. The number of aromatic nitrogens is 1. The molecule has 3 aromatic rings. The van der Waals surface area contributed by atoms with E-state index in [1.807, 2.05) is 6.07 Å². The molecule has 0 radical (unpaired) electrons. The molecule has 2 aliphatic carbocycles. The van der Waals surface area contributed by atoms with Crippen molar-refractivity contribution in [2.24, 2.45) is 11.8 Å². The Kier molecular flexibility index (Phi) is 5.28. The van der Waals surface area contributed by atoms with E-state index in [9.17, 15) is 9.18 Å². The minimum atomic E-state index is -0.545. The molecule has 3 atom stereocenters. The van der Waals surface area contributed by atoms with E-state index in [0.717, 1.165) is 19.3 Å². The average Bonchev–Trinajstić information content (AvgIpc) is 3.33. The summed E-state index contributed by atoms with van der Waals surface area (Å²) in [7, 11) is 0. The number of hydrogen-bond donors (Lipinski definition) is 0. The first-order chi connectivity index (χ1) is 16.9. The minimum Gasteiger partial charge on any atom is -0.458 e. The Morgan fingerprint density at radius 2 is 2.00 bits per heavy atom. The highest BCUT2D eigenvalue weighted by molar-refractivity contribution is 6.39. The molecule has 2 bridgehead atoms. The number of esters is 1. The van der Waals surface area contributed by atoms with Crippen molar-refractivity contribution in [1.82, 2.24) is 5.16 Å². The molecular weight excluding hydrogens is 492 g/mol. The number of carbonyl (C=O) groups excluding carboxylic acids is 1. The molecule has 178 valence electrons. The molecular formula is C26H20Cl2FN3O3. The summed E-state index contributed by atoms with van der Waals surface area (Å²) in [5.41, 5.74) is 1.38. The number of piperidine rings is 1. The van der Waals surface area contributed by atoms with Crippen molar-refractivity contribution >= 4 is 34.9 Å². The lowest BCUT2D eigenvalue weighted by Crippen LogP contribution is -2.50. The number of carbonyl (C=O) groups is 1. The third kappa shape index (κ3) is 3.59. The Hall–Kier alpha value is -3.08. The van der Waals surface area contributed by atoms with Crippen molar-refractivity contribution in [2.75, 3.05) is 11.4 Å². The van der Waals surface area contributed by atoms with Gasteiger partial charge in [-0.15, -0.1) is 0 Å². The van der Waals surface area contributed by atoms with Gasteiger partial charge >= 0.3 is 5.97 Å². The lowest BCUT2D eigenvalue weighted by Gasteiger charge is -2.43. The van der Waals surface area contributed by atoms with Crippen LogP contribution in [0.25, 0.3) is 11.3 Å². The van der Waals surface area contributed by atoms with Gasteiger partial charge < -0.3 is 14.2 Å². The van der Waals surface area contributed by atoms with Gasteiger partial charge in [0.1, 0.15) is 29.4 Å². The van der Waals surface area contributed by atoms with Crippen molar-refractivity contribution < 1.29 is 18.4 Å². The zero-order chi connectivity index (χ0) is 24.3. The van der Waals surface area contributed by atoms with Crippen molar-refractivity contribution in [3.63, 3.8) is 0 Å². The maximum absolute atomic E-state index is 14.9. The second-order valence-corrected chi connectivity index (χ2v) is 10.4. The Morgan fingerprint density at radius 1 is 1.23 bits per heavy atom. The van der Waals surface area contributed by atoms with Crippen LogP contribution in [0.15, 0.2) is 47.2 Å². The van der Waals surface area contributed by atoms with E-state index in [2.05, 4.69) is 10.1 Å². The van der Waals surface area contributed by atoms with Crippen molar-refractivity contribution in [1.29, 1.82) is 5.26 Å². The van der Waals surface area contributed by atoms with Gasteiger partial charge in [-0.1, -0.05) is 34.4 Å². The number of benzene rings is 2. The molecule has 9 heteroatoms. The van der Waals surface area contributed by atoms with Crippen LogP contribution in [-0.4, -0.2) is 29.3 Å². The number of anilines is 1. The molecule has 2 saturated carbocycles. The van der Waals surface area contributed by atoms with Crippen LogP contribution in [0.2, 0.25) is 10.0 Å². The summed E-state index contributed by atoms with van der Waals surface area (Å²) >= 11 is 12.6. The number of nitriles is 1. The SMILES string of the molecule is N#Cc1ccc(N2C[C@@H]3C[C@@]2(C2CC2)C[C@H]3OC(=O)c2conc2-c2c(Cl)cccc2Cl)c(F)c1. The Labute approximate surface area is 211 Å². The minimum absolute atomic E-state index is 0.0711. The van der Waals surface area contributed by atoms with Gasteiger partial charge in [0.05, 0.1) is 27.4 Å². The molecule has 0 N–H and O–H groups in total. The van der Waals surface area contributed by atoms with Crippen LogP contribution >= 0.6 is 23.2 Å². The smallest absolute Gasteiger partial charge is 0.344 e. The molecule has 3 fully saturated rings. The third-order valence-corrected chi connectivity index (χ3v) is 8.23. The van der Waals surface area contributed by atoms with E-state index in [1.54, 1.807) is 30.3 Å². The molecule has 3 aliphatic rings. The van der Waals surface area contributed by atoms with Crippen LogP contribution in [0.5, 0.6) is 0 Å². The van der Waals surface area contributed by atoms with E-state index < -0.39 is 11.8 Å². The van der Waals surface area contributed by atoms with Gasteiger partial charge in [0.2, 0.25) is 0 Å². The number of halogens is 3. The molecule has 6 nitrogen and oxygen atoms in total. The maximum Gasteiger partial charge on any atom is 0.344 e. The number of rotatable bonds is 5. The summed E-state index contributed by atoms with van der Waals surface area (Å²) in [6, 6.07) is 11.6. The standard InChI is InChI=1S/C26H20Cl2FN3O3/c27-18-2-1-3-19(28)23(18)24-17(13-34-31-24)25(33)35-22-10-26(16-5-6-16)9-15(22)12-32(26)21-7-4-14(11-30)8-20(21)29/h1-4,7-8,13,15-16,22H,5-6,9-10,12H2/t15-,22+,26-/m0/s1. The topological polar surface area (TPSA) is 79.4 Å². The molecule has 2 heterocycles. The monoisotopic (exact) mass is 511 g/mol. The second kappa shape index (κ2) is 8.25. The lowest BCUT2D eigenvalue weighted by atomic mass is 9.89. The molecule has 1 aromatic heterocycles.